The van der Waals surface area contributed by atoms with Crippen molar-refractivity contribution in [2.45, 2.75) is 0 Å². The molecule has 1 amide bonds. The number of amides is 1. The van der Waals surface area contributed by atoms with E-state index in [9.17, 15) is 13.6 Å². The van der Waals surface area contributed by atoms with E-state index in [0.29, 0.717) is 33.2 Å². The SMILES string of the molecule is O=C(NNc1ccc(F)cc1F)c1cn(-c2ccc(Cl)cc2)c(-c2ccccc2Cl)n1. The summed E-state index contributed by atoms with van der Waals surface area (Å²) < 4.78 is 28.5. The van der Waals surface area contributed by atoms with Crippen LogP contribution < -0.4 is 10.9 Å². The average Bonchev–Trinajstić information content (AvgIpc) is 3.19. The van der Waals surface area contributed by atoms with Crippen molar-refractivity contribution in [1.29, 1.82) is 0 Å². The highest BCUT2D eigenvalue weighted by Crippen LogP contribution is 2.29. The summed E-state index contributed by atoms with van der Waals surface area (Å²) in [5, 5.41) is 1.02. The van der Waals surface area contributed by atoms with E-state index in [0.717, 1.165) is 6.07 Å². The normalized spacial score (nSPS) is 10.7. The summed E-state index contributed by atoms with van der Waals surface area (Å²) in [6.45, 7) is 0. The number of imidazole rings is 1. The molecule has 156 valence electrons. The van der Waals surface area contributed by atoms with Crippen LogP contribution in [0.3, 0.4) is 0 Å². The number of anilines is 1. The van der Waals surface area contributed by atoms with Gasteiger partial charge in [-0.05, 0) is 48.5 Å². The number of halogens is 4. The number of nitrogens with zero attached hydrogens (tertiary/aromatic N) is 2. The van der Waals surface area contributed by atoms with E-state index in [4.69, 9.17) is 23.2 Å². The molecule has 0 aliphatic carbocycles. The zero-order chi connectivity index (χ0) is 22.0. The van der Waals surface area contributed by atoms with Crippen LogP contribution in [-0.4, -0.2) is 15.5 Å². The maximum Gasteiger partial charge on any atom is 0.289 e. The van der Waals surface area contributed by atoms with Crippen LogP contribution >= 0.6 is 23.2 Å². The Morgan fingerprint density at radius 2 is 1.71 bits per heavy atom. The first-order valence-electron chi connectivity index (χ1n) is 9.04. The summed E-state index contributed by atoms with van der Waals surface area (Å²) in [5.41, 5.74) is 6.10. The maximum absolute atomic E-state index is 13.8. The summed E-state index contributed by atoms with van der Waals surface area (Å²) >= 11 is 12.3. The molecule has 0 bridgehead atoms. The molecule has 9 heteroatoms. The smallest absolute Gasteiger partial charge is 0.289 e. The maximum atomic E-state index is 13.8. The van der Waals surface area contributed by atoms with Crippen molar-refractivity contribution in [2.24, 2.45) is 0 Å². The second-order valence-corrected chi connectivity index (χ2v) is 7.32. The van der Waals surface area contributed by atoms with Gasteiger partial charge in [0.05, 0.1) is 10.7 Å². The first-order valence-corrected chi connectivity index (χ1v) is 9.79. The van der Waals surface area contributed by atoms with E-state index in [1.54, 1.807) is 53.1 Å². The Morgan fingerprint density at radius 3 is 2.42 bits per heavy atom. The van der Waals surface area contributed by atoms with Gasteiger partial charge in [-0.25, -0.2) is 13.8 Å². The van der Waals surface area contributed by atoms with Crippen LogP contribution in [0.1, 0.15) is 10.5 Å². The minimum absolute atomic E-state index is 0.0555. The third-order valence-electron chi connectivity index (χ3n) is 4.40. The fraction of sp³-hybridized carbons (Fsp3) is 0. The Bertz CT molecular complexity index is 1260. The van der Waals surface area contributed by atoms with Gasteiger partial charge in [-0.15, -0.1) is 0 Å². The largest absolute Gasteiger partial charge is 0.299 e. The third-order valence-corrected chi connectivity index (χ3v) is 4.98. The van der Waals surface area contributed by atoms with Gasteiger partial charge in [0.1, 0.15) is 17.3 Å². The van der Waals surface area contributed by atoms with Crippen molar-refractivity contribution in [2.75, 3.05) is 5.43 Å². The molecule has 0 fully saturated rings. The van der Waals surface area contributed by atoms with Crippen LogP contribution in [0.4, 0.5) is 14.5 Å². The molecule has 3 aromatic carbocycles. The number of carbonyl (C=O) groups excluding carboxylic acids is 1. The Labute approximate surface area is 186 Å². The number of benzene rings is 3. The van der Waals surface area contributed by atoms with E-state index in [-0.39, 0.29) is 11.4 Å². The molecule has 1 heterocycles. The van der Waals surface area contributed by atoms with Gasteiger partial charge in [-0.1, -0.05) is 35.3 Å². The number of nitrogens with one attached hydrogen (secondary N) is 2. The van der Waals surface area contributed by atoms with Gasteiger partial charge in [-0.2, -0.15) is 0 Å². The molecule has 4 aromatic rings. The van der Waals surface area contributed by atoms with Gasteiger partial charge in [0.15, 0.2) is 5.82 Å². The lowest BCUT2D eigenvalue weighted by atomic mass is 10.2. The lowest BCUT2D eigenvalue weighted by Gasteiger charge is -2.09. The molecule has 0 spiro atoms. The number of hydrogen-bond donors (Lipinski definition) is 2. The zero-order valence-corrected chi connectivity index (χ0v) is 17.3. The van der Waals surface area contributed by atoms with E-state index in [1.807, 2.05) is 0 Å². The second-order valence-electron chi connectivity index (χ2n) is 6.48. The van der Waals surface area contributed by atoms with Crippen molar-refractivity contribution in [3.8, 4) is 17.1 Å². The Hall–Kier alpha value is -3.42. The fourth-order valence-electron chi connectivity index (χ4n) is 2.90. The molecule has 0 aliphatic heterocycles. The third kappa shape index (κ3) is 4.52. The molecule has 5 nitrogen and oxygen atoms in total. The second kappa shape index (κ2) is 8.75. The summed E-state index contributed by atoms with van der Waals surface area (Å²) in [7, 11) is 0. The van der Waals surface area contributed by atoms with Gasteiger partial charge >= 0.3 is 0 Å². The number of hydrazine groups is 1. The minimum atomic E-state index is -0.844. The van der Waals surface area contributed by atoms with Crippen LogP contribution in [0.15, 0.2) is 72.9 Å². The lowest BCUT2D eigenvalue weighted by molar-refractivity contribution is 0.0958. The number of carbonyl (C=O) groups is 1. The molecular weight excluding hydrogens is 445 g/mol. The zero-order valence-electron chi connectivity index (χ0n) is 15.7. The fourth-order valence-corrected chi connectivity index (χ4v) is 3.25. The molecule has 4 rings (SSSR count). The lowest BCUT2D eigenvalue weighted by Crippen LogP contribution is -2.30. The standard InChI is InChI=1S/C22H14Cl2F2N4O/c23-13-5-8-15(9-6-13)30-12-20(27-21(30)16-3-1-2-4-17(16)24)22(31)29-28-19-10-7-14(25)11-18(19)26/h1-12,28H,(H,29,31). The van der Waals surface area contributed by atoms with Crippen molar-refractivity contribution in [3.05, 3.63) is 100 Å². The molecular formula is C22H14Cl2F2N4O. The van der Waals surface area contributed by atoms with Crippen LogP contribution in [0.25, 0.3) is 17.1 Å². The molecule has 31 heavy (non-hydrogen) atoms. The van der Waals surface area contributed by atoms with E-state index < -0.39 is 17.5 Å². The number of aromatic nitrogens is 2. The summed E-state index contributed by atoms with van der Waals surface area (Å²) in [6.07, 6.45) is 1.53. The molecule has 0 unspecified atom stereocenters. The van der Waals surface area contributed by atoms with Crippen molar-refractivity contribution >= 4 is 34.8 Å². The van der Waals surface area contributed by atoms with Crippen LogP contribution in [-0.2, 0) is 0 Å². The molecule has 0 aliphatic rings. The Morgan fingerprint density at radius 1 is 0.968 bits per heavy atom. The van der Waals surface area contributed by atoms with Gasteiger partial charge in [0, 0.05) is 28.5 Å². The Kier molecular flexibility index (Phi) is 5.88. The van der Waals surface area contributed by atoms with Crippen LogP contribution in [0, 0.1) is 11.6 Å². The summed E-state index contributed by atoms with van der Waals surface area (Å²) in [4.78, 5) is 17.1. The topological polar surface area (TPSA) is 59.0 Å². The van der Waals surface area contributed by atoms with Gasteiger partial charge in [-0.3, -0.25) is 20.2 Å². The summed E-state index contributed by atoms with van der Waals surface area (Å²) in [6, 6.07) is 17.0. The van der Waals surface area contributed by atoms with E-state index in [2.05, 4.69) is 15.8 Å². The number of rotatable bonds is 5. The first-order chi connectivity index (χ1) is 14.9. The van der Waals surface area contributed by atoms with E-state index >= 15 is 0 Å². The summed E-state index contributed by atoms with van der Waals surface area (Å²) in [5.74, 6) is -1.75. The van der Waals surface area contributed by atoms with Crippen molar-refractivity contribution in [3.63, 3.8) is 0 Å². The highest BCUT2D eigenvalue weighted by Gasteiger charge is 2.18. The highest BCUT2D eigenvalue weighted by molar-refractivity contribution is 6.33. The van der Waals surface area contributed by atoms with E-state index in [1.165, 1.54) is 12.3 Å². The average molecular weight is 459 g/mol. The molecule has 1 aromatic heterocycles. The monoisotopic (exact) mass is 458 g/mol. The highest BCUT2D eigenvalue weighted by atomic mass is 35.5. The van der Waals surface area contributed by atoms with Crippen molar-refractivity contribution in [1.82, 2.24) is 15.0 Å². The van der Waals surface area contributed by atoms with Gasteiger partial charge in [0.25, 0.3) is 5.91 Å². The Balaban J connectivity index is 1.68. The molecule has 0 saturated heterocycles. The van der Waals surface area contributed by atoms with Crippen molar-refractivity contribution < 1.29 is 13.6 Å². The van der Waals surface area contributed by atoms with Crippen LogP contribution in [0.5, 0.6) is 0 Å². The van der Waals surface area contributed by atoms with Gasteiger partial charge in [0.2, 0.25) is 0 Å². The quantitative estimate of drug-likeness (QED) is 0.367. The minimum Gasteiger partial charge on any atom is -0.299 e. The number of hydrogen-bond acceptors (Lipinski definition) is 3. The molecule has 0 radical (unpaired) electrons. The van der Waals surface area contributed by atoms with Crippen LogP contribution in [0.2, 0.25) is 10.0 Å². The first kappa shape index (κ1) is 20.8. The molecule has 0 atom stereocenters. The molecule has 0 saturated carbocycles. The molecule has 2 N–H and O–H groups in total. The predicted molar refractivity (Wildman–Crippen MR) is 116 cm³/mol. The van der Waals surface area contributed by atoms with Gasteiger partial charge < -0.3 is 0 Å². The predicted octanol–water partition coefficient (Wildman–Crippen LogP) is 5.88.